The monoisotopic (exact) mass is 170 g/mol. The maximum absolute atomic E-state index is 9.91. The molecule has 2 N–H and O–H groups in total. The highest BCUT2D eigenvalue weighted by Crippen LogP contribution is 2.18. The van der Waals surface area contributed by atoms with Crippen LogP contribution in [0.5, 0.6) is 0 Å². The molecule has 0 aromatic carbocycles. The second-order valence-corrected chi connectivity index (χ2v) is 3.71. The predicted octanol–water partition coefficient (Wildman–Crippen LogP) is 0.707. The summed E-state index contributed by atoms with van der Waals surface area (Å²) in [6.45, 7) is 1.60. The molecule has 9 heavy (non-hydrogen) atoms. The third kappa shape index (κ3) is 4.57. The molecule has 0 bridgehead atoms. The number of alkyl halides is 1. The molecule has 0 spiro atoms. The van der Waals surface area contributed by atoms with Crippen LogP contribution in [0.15, 0.2) is 0 Å². The summed E-state index contributed by atoms with van der Waals surface area (Å²) in [5.41, 5.74) is -1.41. The molecule has 0 heterocycles. The highest BCUT2D eigenvalue weighted by atomic mass is 35.5. The summed E-state index contributed by atoms with van der Waals surface area (Å²) in [5, 5.41) is 16.7. The van der Waals surface area contributed by atoms with Crippen LogP contribution in [0, 0.1) is 0 Å². The molecule has 0 aliphatic heterocycles. The summed E-state index contributed by atoms with van der Waals surface area (Å²) < 4.78 is -0.379. The van der Waals surface area contributed by atoms with Gasteiger partial charge in [-0.05, 0) is 6.92 Å². The number of halogens is 1. The standard InChI is InChI=1S/C4H7ClO3S/c1-2(5)9-4(8)3(6)7/h2,4,8H,1H3,(H,6,7). The molecule has 0 aliphatic carbocycles. The van der Waals surface area contributed by atoms with Gasteiger partial charge in [0.05, 0.1) is 4.71 Å². The number of carboxylic acids is 1. The van der Waals surface area contributed by atoms with Crippen molar-refractivity contribution in [1.29, 1.82) is 0 Å². The SMILES string of the molecule is CC(Cl)SC(O)C(=O)O. The molecule has 0 fully saturated rings. The van der Waals surface area contributed by atoms with E-state index in [0.717, 1.165) is 11.8 Å². The predicted molar refractivity (Wildman–Crippen MR) is 36.5 cm³/mol. The Morgan fingerprint density at radius 2 is 2.22 bits per heavy atom. The first-order valence-electron chi connectivity index (χ1n) is 2.24. The summed E-state index contributed by atoms with van der Waals surface area (Å²) in [6, 6.07) is 0. The quantitative estimate of drug-likeness (QED) is 0.484. The largest absolute Gasteiger partial charge is 0.479 e. The molecule has 0 aliphatic rings. The second-order valence-electron chi connectivity index (χ2n) is 1.37. The Balaban J connectivity index is 3.50. The average Bonchev–Trinajstić information content (AvgIpc) is 1.63. The number of rotatable bonds is 3. The van der Waals surface area contributed by atoms with E-state index in [4.69, 9.17) is 21.8 Å². The van der Waals surface area contributed by atoms with Crippen molar-refractivity contribution in [2.75, 3.05) is 0 Å². The Morgan fingerprint density at radius 3 is 2.33 bits per heavy atom. The number of aliphatic hydroxyl groups is 1. The molecule has 5 heteroatoms. The highest BCUT2D eigenvalue weighted by Gasteiger charge is 2.15. The van der Waals surface area contributed by atoms with Gasteiger partial charge in [0.25, 0.3) is 0 Å². The van der Waals surface area contributed by atoms with Crippen molar-refractivity contribution in [2.45, 2.75) is 17.1 Å². The van der Waals surface area contributed by atoms with Crippen LogP contribution in [0.25, 0.3) is 0 Å². The normalized spacial score (nSPS) is 16.8. The van der Waals surface area contributed by atoms with E-state index < -0.39 is 11.4 Å². The minimum Gasteiger partial charge on any atom is -0.479 e. The van der Waals surface area contributed by atoms with Gasteiger partial charge in [-0.15, -0.1) is 11.6 Å². The lowest BCUT2D eigenvalue weighted by Gasteiger charge is -2.04. The van der Waals surface area contributed by atoms with Crippen molar-refractivity contribution >= 4 is 29.3 Å². The van der Waals surface area contributed by atoms with Gasteiger partial charge in [0.2, 0.25) is 0 Å². The van der Waals surface area contributed by atoms with Gasteiger partial charge in [-0.3, -0.25) is 0 Å². The minimum atomic E-state index is -1.41. The van der Waals surface area contributed by atoms with E-state index in [1.165, 1.54) is 0 Å². The summed E-state index contributed by atoms with van der Waals surface area (Å²) in [4.78, 5) is 9.91. The summed E-state index contributed by atoms with van der Waals surface area (Å²) in [5.74, 6) is -1.26. The van der Waals surface area contributed by atoms with E-state index in [2.05, 4.69) is 0 Å². The van der Waals surface area contributed by atoms with E-state index in [0.29, 0.717) is 0 Å². The zero-order chi connectivity index (χ0) is 7.44. The van der Waals surface area contributed by atoms with Gasteiger partial charge in [-0.25, -0.2) is 4.79 Å². The van der Waals surface area contributed by atoms with E-state index in [9.17, 15) is 4.79 Å². The maximum atomic E-state index is 9.91. The van der Waals surface area contributed by atoms with Crippen molar-refractivity contribution < 1.29 is 15.0 Å². The Kier molecular flexibility index (Phi) is 4.01. The van der Waals surface area contributed by atoms with Crippen LogP contribution in [0.2, 0.25) is 0 Å². The van der Waals surface area contributed by atoms with Crippen LogP contribution >= 0.6 is 23.4 Å². The zero-order valence-corrected chi connectivity index (χ0v) is 6.32. The van der Waals surface area contributed by atoms with E-state index in [-0.39, 0.29) is 4.71 Å². The fourth-order valence-corrected chi connectivity index (χ4v) is 1.000. The maximum Gasteiger partial charge on any atom is 0.343 e. The lowest BCUT2D eigenvalue weighted by molar-refractivity contribution is -0.141. The Labute approximate surface area is 62.0 Å². The smallest absolute Gasteiger partial charge is 0.343 e. The van der Waals surface area contributed by atoms with Crippen LogP contribution in [0.3, 0.4) is 0 Å². The zero-order valence-electron chi connectivity index (χ0n) is 4.74. The van der Waals surface area contributed by atoms with E-state index in [1.807, 2.05) is 0 Å². The number of hydrogen-bond donors (Lipinski definition) is 2. The van der Waals surface area contributed by atoms with E-state index in [1.54, 1.807) is 6.92 Å². The van der Waals surface area contributed by atoms with Crippen LogP contribution < -0.4 is 0 Å². The molecular formula is C4H7ClO3S. The molecule has 2 unspecified atom stereocenters. The third-order valence-corrected chi connectivity index (χ3v) is 1.67. The molecule has 0 radical (unpaired) electrons. The average molecular weight is 171 g/mol. The fraction of sp³-hybridized carbons (Fsp3) is 0.750. The molecule has 2 atom stereocenters. The topological polar surface area (TPSA) is 57.5 Å². The Bertz CT molecular complexity index is 106. The Hall–Kier alpha value is 0.0700. The third-order valence-electron chi connectivity index (χ3n) is 0.528. The molecule has 0 aromatic heterocycles. The minimum absolute atomic E-state index is 0.379. The summed E-state index contributed by atoms with van der Waals surface area (Å²) in [7, 11) is 0. The molecule has 3 nitrogen and oxygen atoms in total. The van der Waals surface area contributed by atoms with Crippen LogP contribution in [-0.4, -0.2) is 26.3 Å². The number of hydrogen-bond acceptors (Lipinski definition) is 3. The molecule has 0 rings (SSSR count). The van der Waals surface area contributed by atoms with Crippen LogP contribution in [-0.2, 0) is 4.79 Å². The van der Waals surface area contributed by atoms with Gasteiger partial charge in [0.15, 0.2) is 5.44 Å². The van der Waals surface area contributed by atoms with Crippen molar-refractivity contribution in [3.8, 4) is 0 Å². The van der Waals surface area contributed by atoms with Gasteiger partial charge in [-0.1, -0.05) is 11.8 Å². The van der Waals surface area contributed by atoms with Gasteiger partial charge < -0.3 is 10.2 Å². The molecule has 0 aromatic rings. The number of aliphatic carboxylic acids is 1. The molecule has 0 amide bonds. The molecule has 0 saturated heterocycles. The Morgan fingerprint density at radius 1 is 1.78 bits per heavy atom. The van der Waals surface area contributed by atoms with Gasteiger partial charge in [-0.2, -0.15) is 0 Å². The summed E-state index contributed by atoms with van der Waals surface area (Å²) in [6.07, 6.45) is 0. The van der Waals surface area contributed by atoms with Crippen molar-refractivity contribution in [3.63, 3.8) is 0 Å². The first-order chi connectivity index (χ1) is 4.04. The summed E-state index contributed by atoms with van der Waals surface area (Å²) >= 11 is 6.14. The second kappa shape index (κ2) is 3.98. The lowest BCUT2D eigenvalue weighted by Crippen LogP contribution is -2.16. The van der Waals surface area contributed by atoms with Crippen molar-refractivity contribution in [1.82, 2.24) is 0 Å². The number of aliphatic hydroxyl groups excluding tert-OH is 1. The fourth-order valence-electron chi connectivity index (χ4n) is 0.236. The van der Waals surface area contributed by atoms with Crippen molar-refractivity contribution in [2.24, 2.45) is 0 Å². The molecular weight excluding hydrogens is 164 g/mol. The van der Waals surface area contributed by atoms with Gasteiger partial charge >= 0.3 is 5.97 Å². The highest BCUT2D eigenvalue weighted by molar-refractivity contribution is 8.02. The van der Waals surface area contributed by atoms with Gasteiger partial charge in [0.1, 0.15) is 0 Å². The van der Waals surface area contributed by atoms with Crippen molar-refractivity contribution in [3.05, 3.63) is 0 Å². The first-order valence-corrected chi connectivity index (χ1v) is 3.62. The number of thioether (sulfide) groups is 1. The first kappa shape index (κ1) is 9.07. The van der Waals surface area contributed by atoms with Gasteiger partial charge in [0, 0.05) is 0 Å². The molecule has 54 valence electrons. The molecule has 0 saturated carbocycles. The lowest BCUT2D eigenvalue weighted by atomic mass is 10.7. The number of carboxylic acid groups (broad SMARTS) is 1. The number of carbonyl (C=O) groups is 1. The van der Waals surface area contributed by atoms with E-state index >= 15 is 0 Å². The van der Waals surface area contributed by atoms with Crippen LogP contribution in [0.1, 0.15) is 6.92 Å². The van der Waals surface area contributed by atoms with Crippen LogP contribution in [0.4, 0.5) is 0 Å².